The molecule has 0 unspecified atom stereocenters. The van der Waals surface area contributed by atoms with E-state index in [0.29, 0.717) is 25.1 Å². The van der Waals surface area contributed by atoms with Gasteiger partial charge in [0.05, 0.1) is 30.5 Å². The number of rotatable bonds is 9. The van der Waals surface area contributed by atoms with Crippen molar-refractivity contribution in [3.63, 3.8) is 0 Å². The van der Waals surface area contributed by atoms with Gasteiger partial charge in [-0.15, -0.1) is 0 Å². The first-order valence-corrected chi connectivity index (χ1v) is 16.3. The van der Waals surface area contributed by atoms with Gasteiger partial charge in [0.1, 0.15) is 23.9 Å². The number of fused-ring (bicyclic) bond motifs is 2. The van der Waals surface area contributed by atoms with Crippen LogP contribution < -0.4 is 0 Å². The van der Waals surface area contributed by atoms with E-state index in [2.05, 4.69) is 4.90 Å². The van der Waals surface area contributed by atoms with Crippen LogP contribution >= 0.6 is 0 Å². The van der Waals surface area contributed by atoms with Gasteiger partial charge in [0.2, 0.25) is 0 Å². The highest BCUT2D eigenvalue weighted by molar-refractivity contribution is 5.89. The number of carbonyl (C=O) groups is 2. The minimum atomic E-state index is -1.83. The van der Waals surface area contributed by atoms with Crippen molar-refractivity contribution in [3.8, 4) is 0 Å². The summed E-state index contributed by atoms with van der Waals surface area (Å²) in [6.45, 7) is 4.68. The Labute approximate surface area is 269 Å². The molecule has 254 valence electrons. The van der Waals surface area contributed by atoms with Gasteiger partial charge < -0.3 is 43.7 Å². The maximum Gasteiger partial charge on any atom is 0.338 e. The molecule has 1 aliphatic heterocycles. The van der Waals surface area contributed by atoms with Crippen LogP contribution in [0.3, 0.4) is 0 Å². The highest BCUT2D eigenvalue weighted by Gasteiger charge is 2.92. The molecule has 7 bridgehead atoms. The summed E-state index contributed by atoms with van der Waals surface area (Å²) in [5, 5.41) is 37.3. The molecule has 6 aliphatic rings. The van der Waals surface area contributed by atoms with E-state index in [-0.39, 0.29) is 25.0 Å². The lowest BCUT2D eigenvalue weighted by Crippen LogP contribution is -2.81. The molecule has 15 atom stereocenters. The van der Waals surface area contributed by atoms with Gasteiger partial charge in [0.15, 0.2) is 5.60 Å². The minimum Gasteiger partial charge on any atom is -0.455 e. The van der Waals surface area contributed by atoms with Crippen LogP contribution in [-0.2, 0) is 33.2 Å². The van der Waals surface area contributed by atoms with Gasteiger partial charge in [-0.05, 0) is 31.0 Å². The number of hydrogen-bond donors (Lipinski definition) is 3. The Hall–Kier alpha value is -2.16. The molecular weight excluding hydrogens is 598 g/mol. The van der Waals surface area contributed by atoms with Crippen LogP contribution in [0.4, 0.5) is 0 Å². The van der Waals surface area contributed by atoms with Gasteiger partial charge in [0.25, 0.3) is 0 Å². The third kappa shape index (κ3) is 3.62. The Bertz CT molecular complexity index is 1360. The monoisotopic (exact) mass is 645 g/mol. The number of ether oxygens (including phenoxy) is 6. The summed E-state index contributed by atoms with van der Waals surface area (Å²) in [7, 11) is 6.27. The first kappa shape index (κ1) is 32.4. The van der Waals surface area contributed by atoms with Crippen molar-refractivity contribution in [2.75, 3.05) is 48.1 Å². The van der Waals surface area contributed by atoms with Crippen LogP contribution in [0.2, 0.25) is 0 Å². The lowest BCUT2D eigenvalue weighted by atomic mass is 9.42. The van der Waals surface area contributed by atoms with Gasteiger partial charge in [-0.2, -0.15) is 0 Å². The second-order valence-corrected chi connectivity index (χ2v) is 14.4. The first-order valence-electron chi connectivity index (χ1n) is 16.3. The predicted octanol–water partition coefficient (Wildman–Crippen LogP) is 0.648. The maximum atomic E-state index is 13.8. The van der Waals surface area contributed by atoms with Crippen LogP contribution in [0.1, 0.15) is 37.0 Å². The number of benzene rings is 1. The van der Waals surface area contributed by atoms with E-state index in [0.717, 1.165) is 0 Å². The van der Waals surface area contributed by atoms with Gasteiger partial charge in [-0.1, -0.05) is 25.1 Å². The minimum absolute atomic E-state index is 0.0791. The Balaban J connectivity index is 1.53. The van der Waals surface area contributed by atoms with Crippen molar-refractivity contribution >= 4 is 11.9 Å². The zero-order valence-corrected chi connectivity index (χ0v) is 27.3. The fourth-order valence-electron chi connectivity index (χ4n) is 12.3. The maximum absolute atomic E-state index is 13.8. The van der Waals surface area contributed by atoms with Gasteiger partial charge in [-0.25, -0.2) is 4.79 Å². The third-order valence-electron chi connectivity index (χ3n) is 13.2. The lowest BCUT2D eigenvalue weighted by molar-refractivity contribution is -0.322. The molecule has 0 amide bonds. The fraction of sp³-hybridized carbons (Fsp3) is 0.765. The van der Waals surface area contributed by atoms with Gasteiger partial charge in [0, 0.05) is 83.0 Å². The summed E-state index contributed by atoms with van der Waals surface area (Å²) >= 11 is 0. The normalized spacial score (nSPS) is 49.9. The van der Waals surface area contributed by atoms with E-state index in [4.69, 9.17) is 28.4 Å². The molecule has 1 heterocycles. The third-order valence-corrected chi connectivity index (χ3v) is 13.2. The lowest BCUT2D eigenvalue weighted by Gasteiger charge is -2.70. The number of hydrogen-bond acceptors (Lipinski definition) is 12. The molecule has 46 heavy (non-hydrogen) atoms. The van der Waals surface area contributed by atoms with Crippen LogP contribution in [0.5, 0.6) is 0 Å². The van der Waals surface area contributed by atoms with Crippen molar-refractivity contribution < 1.29 is 53.3 Å². The zero-order chi connectivity index (χ0) is 33.0. The summed E-state index contributed by atoms with van der Waals surface area (Å²) in [6, 6.07) is 8.18. The molecule has 6 fully saturated rings. The van der Waals surface area contributed by atoms with Crippen molar-refractivity contribution in [1.29, 1.82) is 0 Å². The Morgan fingerprint density at radius 1 is 1.00 bits per heavy atom. The van der Waals surface area contributed by atoms with Crippen LogP contribution in [-0.4, -0.2) is 134 Å². The highest BCUT2D eigenvalue weighted by atomic mass is 16.6. The number of piperidine rings is 1. The van der Waals surface area contributed by atoms with E-state index in [1.807, 2.05) is 6.92 Å². The van der Waals surface area contributed by atoms with E-state index in [1.54, 1.807) is 51.7 Å². The van der Waals surface area contributed by atoms with Gasteiger partial charge in [-0.3, -0.25) is 9.69 Å². The average molecular weight is 646 g/mol. The SMILES string of the molecule is CCN1C[C@@]2(COC)[C@H]3[C@@H](OC)[C@H]4[C@@H]1[C@@]3([C@H](OC)C[C@@H]2O)[C@H]1C[C@@]2(O)[C@@H](OC(=O)c3ccccc3)[C@@H]1[C@@]4(OC(C)=O)[C@H](O)[C@@H]2OC. The Morgan fingerprint density at radius 2 is 1.72 bits per heavy atom. The van der Waals surface area contributed by atoms with Crippen LogP contribution in [0.15, 0.2) is 30.3 Å². The van der Waals surface area contributed by atoms with Crippen LogP contribution in [0, 0.1) is 34.5 Å². The smallest absolute Gasteiger partial charge is 0.338 e. The van der Waals surface area contributed by atoms with E-state index in [1.165, 1.54) is 14.0 Å². The van der Waals surface area contributed by atoms with Crippen molar-refractivity contribution in [3.05, 3.63) is 35.9 Å². The quantitative estimate of drug-likeness (QED) is 0.323. The van der Waals surface area contributed by atoms with Crippen LogP contribution in [0.25, 0.3) is 0 Å². The molecule has 5 saturated carbocycles. The molecule has 12 heteroatoms. The fourth-order valence-corrected chi connectivity index (χ4v) is 12.3. The van der Waals surface area contributed by atoms with Crippen molar-refractivity contribution in [2.45, 2.75) is 80.6 Å². The second kappa shape index (κ2) is 10.9. The first-order chi connectivity index (χ1) is 22.0. The van der Waals surface area contributed by atoms with Crippen molar-refractivity contribution in [2.24, 2.45) is 34.5 Å². The summed E-state index contributed by atoms with van der Waals surface area (Å²) in [4.78, 5) is 29.3. The largest absolute Gasteiger partial charge is 0.455 e. The number of methoxy groups -OCH3 is 4. The molecule has 5 aliphatic carbocycles. The molecule has 12 nitrogen and oxygen atoms in total. The average Bonchev–Trinajstić information content (AvgIpc) is 3.41. The number of aliphatic hydroxyl groups excluding tert-OH is 2. The molecule has 7 rings (SSSR count). The molecular formula is C34H47NO11. The summed E-state index contributed by atoms with van der Waals surface area (Å²) in [5.41, 5.74) is -4.79. The zero-order valence-electron chi connectivity index (χ0n) is 27.3. The summed E-state index contributed by atoms with van der Waals surface area (Å²) < 4.78 is 37.4. The number of aliphatic hydroxyl groups is 3. The number of carbonyl (C=O) groups excluding carboxylic acids is 2. The molecule has 1 aromatic rings. The van der Waals surface area contributed by atoms with E-state index >= 15 is 0 Å². The predicted molar refractivity (Wildman–Crippen MR) is 160 cm³/mol. The van der Waals surface area contributed by atoms with E-state index < -0.39 is 88.3 Å². The molecule has 1 aromatic carbocycles. The molecule has 1 spiro atoms. The Morgan fingerprint density at radius 3 is 2.30 bits per heavy atom. The standard InChI is InChI=1S/C34H47NO11/c1-7-35-15-31(16-41-3)20(37)13-21(42-4)33-19-14-32(40)28(45-30(39)18-11-9-8-10-12-18)22(19)34(46-17(2)36,27(38)29(32)44-6)23(26(33)35)24(43-5)25(31)33/h8-12,19-29,37-38,40H,7,13-16H2,1-6H3/t19-,20-,21+,22+,23-,24-,25+,26+,27+,28-,29-,31-,32+,33+,34-/m0/s1. The summed E-state index contributed by atoms with van der Waals surface area (Å²) in [6.07, 6.45) is -5.49. The Kier molecular flexibility index (Phi) is 7.69. The highest BCUT2D eigenvalue weighted by Crippen LogP contribution is 2.80. The van der Waals surface area contributed by atoms with E-state index in [9.17, 15) is 24.9 Å². The molecule has 1 saturated heterocycles. The second-order valence-electron chi connectivity index (χ2n) is 14.4. The number of esters is 2. The summed E-state index contributed by atoms with van der Waals surface area (Å²) in [5.74, 6) is -3.65. The van der Waals surface area contributed by atoms with Crippen molar-refractivity contribution in [1.82, 2.24) is 4.90 Å². The number of nitrogens with zero attached hydrogens (tertiary/aromatic N) is 1. The molecule has 0 radical (unpaired) electrons. The molecule has 3 N–H and O–H groups in total. The topological polar surface area (TPSA) is 153 Å². The number of likely N-dealkylation sites (tertiary alicyclic amines) is 1. The molecule has 0 aromatic heterocycles. The van der Waals surface area contributed by atoms with Gasteiger partial charge >= 0.3 is 11.9 Å².